The number of carbonyl (C=O) groups excluding carboxylic acids is 3. The molecule has 3 N–H and O–H groups in total. The number of hydrogen-bond donors (Lipinski definition) is 2. The molecule has 6 nitrogen and oxygen atoms in total. The van der Waals surface area contributed by atoms with Crippen molar-refractivity contribution < 1.29 is 19.1 Å². The fourth-order valence-electron chi connectivity index (χ4n) is 1.73. The molecule has 0 aromatic heterocycles. The standard InChI is InChI=1S/C16H20N2O4S/c1-10(2)14(15(20)18-16(17)21)22-13(19)9-6-11-4-7-12(23-3)8-5-11/h4-10,14H,1-3H3,(H3,17,18,20,21)/b9-6+/t14-/m0/s1. The van der Waals surface area contributed by atoms with E-state index in [9.17, 15) is 14.4 Å². The zero-order valence-electron chi connectivity index (χ0n) is 13.2. The molecule has 0 saturated carbocycles. The summed E-state index contributed by atoms with van der Waals surface area (Å²) in [6.07, 6.45) is 3.72. The van der Waals surface area contributed by atoms with Crippen LogP contribution in [0.15, 0.2) is 35.2 Å². The van der Waals surface area contributed by atoms with Crippen molar-refractivity contribution >= 4 is 35.7 Å². The Morgan fingerprint density at radius 3 is 2.30 bits per heavy atom. The summed E-state index contributed by atoms with van der Waals surface area (Å²) >= 11 is 1.62. The largest absolute Gasteiger partial charge is 0.449 e. The third kappa shape index (κ3) is 6.56. The van der Waals surface area contributed by atoms with Gasteiger partial charge in [0.15, 0.2) is 6.10 Å². The first kappa shape index (κ1) is 18.8. The van der Waals surface area contributed by atoms with Crippen molar-refractivity contribution in [1.29, 1.82) is 0 Å². The molecule has 0 aliphatic rings. The summed E-state index contributed by atoms with van der Waals surface area (Å²) in [6.45, 7) is 3.40. The van der Waals surface area contributed by atoms with Gasteiger partial charge in [-0.1, -0.05) is 26.0 Å². The number of nitrogens with one attached hydrogen (secondary N) is 1. The third-order valence-corrected chi connectivity index (χ3v) is 3.62. The average molecular weight is 336 g/mol. The van der Waals surface area contributed by atoms with Crippen molar-refractivity contribution in [3.8, 4) is 0 Å². The molecule has 0 bridgehead atoms. The van der Waals surface area contributed by atoms with Gasteiger partial charge in [-0.05, 0) is 35.9 Å². The minimum Gasteiger partial charge on any atom is -0.449 e. The zero-order chi connectivity index (χ0) is 17.4. The SMILES string of the molecule is CSc1ccc(/C=C/C(=O)O[C@H](C(=O)NC(N)=O)C(C)C)cc1. The number of ether oxygens (including phenoxy) is 1. The first-order valence-electron chi connectivity index (χ1n) is 6.96. The average Bonchev–Trinajstić information content (AvgIpc) is 2.50. The lowest BCUT2D eigenvalue weighted by Crippen LogP contribution is -2.45. The van der Waals surface area contributed by atoms with Crippen LogP contribution in [-0.2, 0) is 14.3 Å². The van der Waals surface area contributed by atoms with Crippen LogP contribution in [0.25, 0.3) is 6.08 Å². The van der Waals surface area contributed by atoms with Crippen LogP contribution in [-0.4, -0.2) is 30.3 Å². The van der Waals surface area contributed by atoms with Gasteiger partial charge in [0.1, 0.15) is 0 Å². The van der Waals surface area contributed by atoms with Gasteiger partial charge in [0.05, 0.1) is 0 Å². The number of nitrogens with two attached hydrogens (primary N) is 1. The molecule has 0 unspecified atom stereocenters. The summed E-state index contributed by atoms with van der Waals surface area (Å²) in [5, 5.41) is 1.91. The van der Waals surface area contributed by atoms with Gasteiger partial charge >= 0.3 is 12.0 Å². The first-order valence-corrected chi connectivity index (χ1v) is 8.19. The highest BCUT2D eigenvalue weighted by Gasteiger charge is 2.26. The molecule has 1 rings (SSSR count). The van der Waals surface area contributed by atoms with Crippen LogP contribution in [0.4, 0.5) is 4.79 Å². The van der Waals surface area contributed by atoms with E-state index in [2.05, 4.69) is 0 Å². The van der Waals surface area contributed by atoms with Crippen LogP contribution >= 0.6 is 11.8 Å². The van der Waals surface area contributed by atoms with Crippen molar-refractivity contribution in [2.24, 2.45) is 11.7 Å². The Kier molecular flexibility index (Phi) is 7.34. The molecule has 7 heteroatoms. The van der Waals surface area contributed by atoms with E-state index in [0.717, 1.165) is 10.5 Å². The van der Waals surface area contributed by atoms with Crippen molar-refractivity contribution in [2.75, 3.05) is 6.26 Å². The second kappa shape index (κ2) is 8.99. The van der Waals surface area contributed by atoms with Gasteiger partial charge in [-0.15, -0.1) is 11.8 Å². The number of rotatable bonds is 6. The second-order valence-electron chi connectivity index (χ2n) is 5.06. The van der Waals surface area contributed by atoms with E-state index in [4.69, 9.17) is 10.5 Å². The number of primary amides is 1. The number of esters is 1. The summed E-state index contributed by atoms with van der Waals surface area (Å²) < 4.78 is 5.09. The summed E-state index contributed by atoms with van der Waals surface area (Å²) in [5.41, 5.74) is 5.73. The predicted molar refractivity (Wildman–Crippen MR) is 89.7 cm³/mol. The molecule has 23 heavy (non-hydrogen) atoms. The maximum Gasteiger partial charge on any atom is 0.331 e. The molecule has 0 spiro atoms. The number of thioether (sulfide) groups is 1. The van der Waals surface area contributed by atoms with Crippen LogP contribution in [0.1, 0.15) is 19.4 Å². The Balaban J connectivity index is 2.69. The molecule has 1 aromatic carbocycles. The van der Waals surface area contributed by atoms with Crippen LogP contribution < -0.4 is 11.1 Å². The van der Waals surface area contributed by atoms with Crippen LogP contribution in [0.3, 0.4) is 0 Å². The zero-order valence-corrected chi connectivity index (χ0v) is 14.1. The maximum atomic E-state index is 11.8. The van der Waals surface area contributed by atoms with Gasteiger partial charge in [-0.2, -0.15) is 0 Å². The number of benzene rings is 1. The van der Waals surface area contributed by atoms with Crippen LogP contribution in [0.5, 0.6) is 0 Å². The molecular weight excluding hydrogens is 316 g/mol. The van der Waals surface area contributed by atoms with E-state index < -0.39 is 24.0 Å². The molecule has 1 aromatic rings. The normalized spacial score (nSPS) is 12.2. The van der Waals surface area contributed by atoms with Gasteiger partial charge in [0, 0.05) is 11.0 Å². The Bertz CT molecular complexity index is 597. The molecule has 124 valence electrons. The lowest BCUT2D eigenvalue weighted by molar-refractivity contribution is -0.153. The lowest BCUT2D eigenvalue weighted by Gasteiger charge is -2.18. The molecule has 1 atom stereocenters. The van der Waals surface area contributed by atoms with Gasteiger partial charge in [0.2, 0.25) is 0 Å². The number of urea groups is 1. The van der Waals surface area contributed by atoms with Crippen molar-refractivity contribution in [3.63, 3.8) is 0 Å². The fourth-order valence-corrected chi connectivity index (χ4v) is 2.14. The lowest BCUT2D eigenvalue weighted by atomic mass is 10.1. The van der Waals surface area contributed by atoms with Gasteiger partial charge in [-0.3, -0.25) is 10.1 Å². The summed E-state index contributed by atoms with van der Waals surface area (Å²) in [7, 11) is 0. The van der Waals surface area contributed by atoms with E-state index in [0.29, 0.717) is 0 Å². The first-order chi connectivity index (χ1) is 10.8. The summed E-state index contributed by atoms with van der Waals surface area (Å²) in [5.74, 6) is -1.71. The van der Waals surface area contributed by atoms with Crippen molar-refractivity contribution in [3.05, 3.63) is 35.9 Å². The number of amides is 3. The predicted octanol–water partition coefficient (Wildman–Crippen LogP) is 2.18. The van der Waals surface area contributed by atoms with Crippen molar-refractivity contribution in [2.45, 2.75) is 24.8 Å². The Morgan fingerprint density at radius 2 is 1.83 bits per heavy atom. The van der Waals surface area contributed by atoms with Crippen LogP contribution in [0, 0.1) is 5.92 Å². The highest BCUT2D eigenvalue weighted by molar-refractivity contribution is 7.98. The molecule has 0 aliphatic heterocycles. The van der Waals surface area contributed by atoms with Crippen LogP contribution in [0.2, 0.25) is 0 Å². The molecule has 0 saturated heterocycles. The minimum atomic E-state index is -1.08. The fraction of sp³-hybridized carbons (Fsp3) is 0.312. The molecule has 0 heterocycles. The van der Waals surface area contributed by atoms with Gasteiger partial charge in [0.25, 0.3) is 5.91 Å². The topological polar surface area (TPSA) is 98.5 Å². The molecule has 0 aliphatic carbocycles. The number of hydrogen-bond acceptors (Lipinski definition) is 5. The third-order valence-electron chi connectivity index (χ3n) is 2.88. The monoisotopic (exact) mass is 336 g/mol. The van der Waals surface area contributed by atoms with E-state index >= 15 is 0 Å². The van der Waals surface area contributed by atoms with Crippen molar-refractivity contribution in [1.82, 2.24) is 5.32 Å². The molecule has 0 radical (unpaired) electrons. The van der Waals surface area contributed by atoms with Gasteiger partial charge < -0.3 is 10.5 Å². The highest BCUT2D eigenvalue weighted by atomic mass is 32.2. The summed E-state index contributed by atoms with van der Waals surface area (Å²) in [4.78, 5) is 35.4. The molecule has 3 amide bonds. The Labute approximate surface area is 139 Å². The number of imide groups is 1. The van der Waals surface area contributed by atoms with E-state index in [1.165, 1.54) is 6.08 Å². The molecular formula is C16H20N2O4S. The van der Waals surface area contributed by atoms with Gasteiger partial charge in [-0.25, -0.2) is 9.59 Å². The smallest absolute Gasteiger partial charge is 0.331 e. The minimum absolute atomic E-state index is 0.299. The van der Waals surface area contributed by atoms with E-state index in [1.54, 1.807) is 31.7 Å². The quantitative estimate of drug-likeness (QED) is 0.471. The number of carbonyl (C=O) groups is 3. The highest BCUT2D eigenvalue weighted by Crippen LogP contribution is 2.15. The maximum absolute atomic E-state index is 11.8. The summed E-state index contributed by atoms with van der Waals surface area (Å²) in [6, 6.07) is 6.63. The molecule has 0 fully saturated rings. The van der Waals surface area contributed by atoms with E-state index in [1.807, 2.05) is 35.8 Å². The Morgan fingerprint density at radius 1 is 1.22 bits per heavy atom. The van der Waals surface area contributed by atoms with E-state index in [-0.39, 0.29) is 5.92 Å². The second-order valence-corrected chi connectivity index (χ2v) is 5.94. The Hall–Kier alpha value is -2.28.